The molecule has 0 spiro atoms. The molecular weight excluding hydrogens is 254 g/mol. The van der Waals surface area contributed by atoms with Gasteiger partial charge in [-0.05, 0) is 53.1 Å². The van der Waals surface area contributed by atoms with E-state index in [1.54, 1.807) is 0 Å². The molecule has 2 N–H and O–H groups in total. The Bertz CT molecular complexity index is 570. The average molecular weight is 272 g/mol. The lowest BCUT2D eigenvalue weighted by Crippen LogP contribution is -2.08. The minimum Gasteiger partial charge on any atom is -0.326 e. The van der Waals surface area contributed by atoms with Crippen LogP contribution in [0.1, 0.15) is 36.3 Å². The van der Waals surface area contributed by atoms with E-state index < -0.39 is 0 Å². The maximum Gasteiger partial charge on any atom is 0.0412 e. The van der Waals surface area contributed by atoms with Crippen molar-refractivity contribution in [1.29, 1.82) is 0 Å². The monoisotopic (exact) mass is 271 g/mol. The topological polar surface area (TPSA) is 26.0 Å². The van der Waals surface area contributed by atoms with Gasteiger partial charge >= 0.3 is 0 Å². The number of halogens is 1. The van der Waals surface area contributed by atoms with E-state index in [-0.39, 0.29) is 0 Å². The van der Waals surface area contributed by atoms with Crippen molar-refractivity contribution >= 4 is 11.6 Å². The summed E-state index contributed by atoms with van der Waals surface area (Å²) in [6.45, 7) is 0.539. The second kappa shape index (κ2) is 5.36. The standard InChI is InChI=1S/C17H18ClN/c18-16-9-8-15(11-19)17(10-16)14-6-4-13(5-7-14)12-2-1-3-12/h4-10,12H,1-3,11,19H2. The Labute approximate surface area is 119 Å². The van der Waals surface area contributed by atoms with Crippen LogP contribution in [0.15, 0.2) is 42.5 Å². The Morgan fingerprint density at radius 3 is 2.37 bits per heavy atom. The van der Waals surface area contributed by atoms with Gasteiger partial charge in [-0.1, -0.05) is 48.4 Å². The molecule has 19 heavy (non-hydrogen) atoms. The Balaban J connectivity index is 1.95. The molecule has 0 atom stereocenters. The number of hydrogen-bond donors (Lipinski definition) is 1. The van der Waals surface area contributed by atoms with Gasteiger partial charge < -0.3 is 5.73 Å². The summed E-state index contributed by atoms with van der Waals surface area (Å²) in [4.78, 5) is 0. The molecule has 2 aromatic carbocycles. The first-order valence-corrected chi connectivity index (χ1v) is 7.24. The zero-order chi connectivity index (χ0) is 13.2. The van der Waals surface area contributed by atoms with Crippen LogP contribution >= 0.6 is 11.6 Å². The van der Waals surface area contributed by atoms with Crippen molar-refractivity contribution in [2.45, 2.75) is 31.7 Å². The lowest BCUT2D eigenvalue weighted by atomic mass is 9.80. The van der Waals surface area contributed by atoms with Crippen molar-refractivity contribution < 1.29 is 0 Å². The average Bonchev–Trinajstić information content (AvgIpc) is 2.37. The van der Waals surface area contributed by atoms with Crippen LogP contribution < -0.4 is 5.73 Å². The first-order valence-electron chi connectivity index (χ1n) is 6.87. The molecule has 0 saturated heterocycles. The van der Waals surface area contributed by atoms with Gasteiger partial charge in [0, 0.05) is 11.6 Å². The van der Waals surface area contributed by atoms with Crippen LogP contribution in [0, 0.1) is 0 Å². The van der Waals surface area contributed by atoms with Gasteiger partial charge in [0.25, 0.3) is 0 Å². The molecule has 0 radical (unpaired) electrons. The lowest BCUT2D eigenvalue weighted by Gasteiger charge is -2.25. The number of benzene rings is 2. The minimum atomic E-state index is 0.539. The molecule has 2 aromatic rings. The third-order valence-corrected chi connectivity index (χ3v) is 4.33. The van der Waals surface area contributed by atoms with Gasteiger partial charge in [0.1, 0.15) is 0 Å². The highest BCUT2D eigenvalue weighted by Crippen LogP contribution is 2.37. The highest BCUT2D eigenvalue weighted by atomic mass is 35.5. The fourth-order valence-corrected chi connectivity index (χ4v) is 2.84. The summed E-state index contributed by atoms with van der Waals surface area (Å²) in [5.74, 6) is 0.780. The maximum atomic E-state index is 6.10. The summed E-state index contributed by atoms with van der Waals surface area (Å²) in [6.07, 6.45) is 4.05. The molecule has 0 amide bonds. The zero-order valence-corrected chi connectivity index (χ0v) is 11.7. The van der Waals surface area contributed by atoms with Crippen molar-refractivity contribution in [3.05, 3.63) is 58.6 Å². The van der Waals surface area contributed by atoms with Crippen LogP contribution in [-0.2, 0) is 6.54 Å². The predicted molar refractivity (Wildman–Crippen MR) is 81.4 cm³/mol. The van der Waals surface area contributed by atoms with Gasteiger partial charge in [-0.25, -0.2) is 0 Å². The summed E-state index contributed by atoms with van der Waals surface area (Å²) in [5, 5.41) is 0.760. The largest absolute Gasteiger partial charge is 0.326 e. The van der Waals surface area contributed by atoms with E-state index in [4.69, 9.17) is 17.3 Å². The van der Waals surface area contributed by atoms with E-state index in [0.29, 0.717) is 6.54 Å². The molecule has 98 valence electrons. The van der Waals surface area contributed by atoms with Crippen molar-refractivity contribution in [3.63, 3.8) is 0 Å². The molecule has 2 heteroatoms. The molecule has 1 fully saturated rings. The predicted octanol–water partition coefficient (Wildman–Crippen LogP) is 4.73. The Morgan fingerprint density at radius 2 is 1.79 bits per heavy atom. The van der Waals surface area contributed by atoms with Crippen LogP contribution in [0.2, 0.25) is 5.02 Å². The van der Waals surface area contributed by atoms with E-state index in [0.717, 1.165) is 22.1 Å². The zero-order valence-electron chi connectivity index (χ0n) is 10.9. The molecule has 0 aromatic heterocycles. The second-order valence-corrected chi connectivity index (χ2v) is 5.69. The van der Waals surface area contributed by atoms with Crippen LogP contribution in [0.5, 0.6) is 0 Å². The highest BCUT2D eigenvalue weighted by molar-refractivity contribution is 6.30. The Hall–Kier alpha value is -1.31. The van der Waals surface area contributed by atoms with E-state index in [1.165, 1.54) is 30.4 Å². The maximum absolute atomic E-state index is 6.10. The third kappa shape index (κ3) is 2.54. The molecule has 1 aliphatic carbocycles. The summed E-state index contributed by atoms with van der Waals surface area (Å²) in [6, 6.07) is 14.8. The van der Waals surface area contributed by atoms with Crippen LogP contribution in [0.4, 0.5) is 0 Å². The summed E-state index contributed by atoms with van der Waals surface area (Å²) < 4.78 is 0. The fourth-order valence-electron chi connectivity index (χ4n) is 2.67. The molecule has 1 saturated carbocycles. The first kappa shape index (κ1) is 12.7. The second-order valence-electron chi connectivity index (χ2n) is 5.26. The van der Waals surface area contributed by atoms with E-state index in [1.807, 2.05) is 18.2 Å². The van der Waals surface area contributed by atoms with Gasteiger partial charge in [0.2, 0.25) is 0 Å². The molecule has 1 nitrogen and oxygen atoms in total. The third-order valence-electron chi connectivity index (χ3n) is 4.09. The van der Waals surface area contributed by atoms with Gasteiger partial charge in [-0.15, -0.1) is 0 Å². The normalized spacial score (nSPS) is 15.3. The number of hydrogen-bond acceptors (Lipinski definition) is 1. The van der Waals surface area contributed by atoms with Crippen LogP contribution in [-0.4, -0.2) is 0 Å². The van der Waals surface area contributed by atoms with Gasteiger partial charge in [-0.2, -0.15) is 0 Å². The van der Waals surface area contributed by atoms with Crippen LogP contribution in [0.3, 0.4) is 0 Å². The van der Waals surface area contributed by atoms with Gasteiger partial charge in [-0.3, -0.25) is 0 Å². The van der Waals surface area contributed by atoms with Crippen molar-refractivity contribution in [1.82, 2.24) is 0 Å². The van der Waals surface area contributed by atoms with Gasteiger partial charge in [0.05, 0.1) is 0 Å². The SMILES string of the molecule is NCc1ccc(Cl)cc1-c1ccc(C2CCC2)cc1. The molecule has 0 heterocycles. The first-order chi connectivity index (χ1) is 9.28. The van der Waals surface area contributed by atoms with Crippen molar-refractivity contribution in [3.8, 4) is 11.1 Å². The smallest absolute Gasteiger partial charge is 0.0412 e. The fraction of sp³-hybridized carbons (Fsp3) is 0.294. The quantitative estimate of drug-likeness (QED) is 0.858. The van der Waals surface area contributed by atoms with E-state index in [2.05, 4.69) is 24.3 Å². The van der Waals surface area contributed by atoms with E-state index >= 15 is 0 Å². The molecule has 3 rings (SSSR count). The summed E-state index contributed by atoms with van der Waals surface area (Å²) in [7, 11) is 0. The van der Waals surface area contributed by atoms with Crippen LogP contribution in [0.25, 0.3) is 11.1 Å². The summed E-state index contributed by atoms with van der Waals surface area (Å²) in [5.41, 5.74) is 10.8. The Morgan fingerprint density at radius 1 is 1.05 bits per heavy atom. The number of nitrogens with two attached hydrogens (primary N) is 1. The van der Waals surface area contributed by atoms with Gasteiger partial charge in [0.15, 0.2) is 0 Å². The van der Waals surface area contributed by atoms with Crippen molar-refractivity contribution in [2.24, 2.45) is 5.73 Å². The molecular formula is C17H18ClN. The minimum absolute atomic E-state index is 0.539. The highest BCUT2D eigenvalue weighted by Gasteiger charge is 2.19. The van der Waals surface area contributed by atoms with Crippen molar-refractivity contribution in [2.75, 3.05) is 0 Å². The molecule has 0 aliphatic heterocycles. The number of rotatable bonds is 3. The molecule has 1 aliphatic rings. The lowest BCUT2D eigenvalue weighted by molar-refractivity contribution is 0.420. The summed E-state index contributed by atoms with van der Waals surface area (Å²) >= 11 is 6.10. The molecule has 0 unspecified atom stereocenters. The van der Waals surface area contributed by atoms with E-state index in [9.17, 15) is 0 Å². The molecule has 0 bridgehead atoms. The Kier molecular flexibility index (Phi) is 3.58.